The van der Waals surface area contributed by atoms with E-state index in [9.17, 15) is 10.2 Å². The van der Waals surface area contributed by atoms with E-state index in [1.54, 1.807) is 6.07 Å². The Balaban J connectivity index is 0.00000121. The summed E-state index contributed by atoms with van der Waals surface area (Å²) in [5, 5.41) is 19.9. The monoisotopic (exact) mass is 322 g/mol. The second kappa shape index (κ2) is 6.98. The Bertz CT molecular complexity index is 1030. The van der Waals surface area contributed by atoms with Crippen molar-refractivity contribution in [1.29, 1.82) is 0 Å². The molecule has 0 saturated carbocycles. The third kappa shape index (κ3) is 3.10. The van der Waals surface area contributed by atoms with Crippen LogP contribution in [-0.2, 0) is 0 Å². The largest absolute Gasteiger partial charge is 1.00 e. The minimum Gasteiger partial charge on any atom is -1.00 e. The van der Waals surface area contributed by atoms with Crippen LogP contribution in [0.1, 0.15) is 1.43 Å². The van der Waals surface area contributed by atoms with E-state index in [1.807, 2.05) is 60.7 Å². The molecule has 5 heteroatoms. The summed E-state index contributed by atoms with van der Waals surface area (Å²) in [5.74, 6) is -0.458. The fraction of sp³-hybridized carbons (Fsp3) is 0. The second-order valence-corrected chi connectivity index (χ2v) is 5.45. The molecule has 2 N–H and O–H groups in total. The number of nitrogens with zero attached hydrogens (tertiary/aromatic N) is 2. The molecule has 0 amide bonds. The Labute approximate surface area is 158 Å². The summed E-state index contributed by atoms with van der Waals surface area (Å²) in [6, 6.07) is 22.6. The van der Waals surface area contributed by atoms with E-state index in [1.165, 1.54) is 6.07 Å². The maximum Gasteiger partial charge on any atom is 1.00 e. The summed E-state index contributed by atoms with van der Waals surface area (Å²) in [5.41, 5.74) is 4.05. The number of benzene rings is 3. The zero-order chi connectivity index (χ0) is 16.5. The molecule has 0 saturated heterocycles. The van der Waals surface area contributed by atoms with Crippen LogP contribution < -0.4 is 18.9 Å². The number of hydrogen-bond donors (Lipinski definition) is 2. The predicted molar refractivity (Wildman–Crippen MR) is 94.9 cm³/mol. The molecule has 0 aliphatic rings. The summed E-state index contributed by atoms with van der Waals surface area (Å²) in [6.45, 7) is 0. The predicted octanol–water partition coefficient (Wildman–Crippen LogP) is 1.49. The summed E-state index contributed by atoms with van der Waals surface area (Å²) >= 11 is 0. The molecule has 0 bridgehead atoms. The number of aromatic nitrogens is 2. The first-order chi connectivity index (χ1) is 11.7. The topological polar surface area (TPSA) is 66.2 Å². The molecule has 0 aliphatic heterocycles. The third-order valence-electron chi connectivity index (χ3n) is 3.88. The van der Waals surface area contributed by atoms with Crippen molar-refractivity contribution in [3.8, 4) is 34.0 Å². The molecule has 0 radical (unpaired) electrons. The quantitative estimate of drug-likeness (QED) is 0.433. The molecule has 25 heavy (non-hydrogen) atoms. The molecule has 0 atom stereocenters. The minimum atomic E-state index is -0.253. The van der Waals surface area contributed by atoms with Crippen molar-refractivity contribution in [2.24, 2.45) is 0 Å². The first-order valence-electron chi connectivity index (χ1n) is 7.57. The molecule has 0 aliphatic carbocycles. The number of phenols is 2. The maximum atomic E-state index is 10.1. The molecule has 4 nitrogen and oxygen atoms in total. The number of fused-ring (bicyclic) bond motifs is 1. The average molecular weight is 322 g/mol. The zero-order valence-corrected chi connectivity index (χ0v) is 13.7. The SMILES string of the molecule is Oc1ccc2nc(-c3ccccc3)c(-c3ccccc3)nc2c1O.[H-].[Li+]. The van der Waals surface area contributed by atoms with Crippen LogP contribution in [0.2, 0.25) is 0 Å². The number of aromatic hydroxyl groups is 2. The van der Waals surface area contributed by atoms with E-state index >= 15 is 0 Å². The van der Waals surface area contributed by atoms with Gasteiger partial charge >= 0.3 is 18.9 Å². The molecule has 0 spiro atoms. The standard InChI is InChI=1S/C20H14N2O2.Li.H/c23-16-12-11-15-19(20(16)24)22-18(14-9-5-2-6-10-14)17(21-15)13-7-3-1-4-8-13;;/h1-12,23-24H;;/q;+1;-1. The Morgan fingerprint density at radius 1 is 0.640 bits per heavy atom. The van der Waals surface area contributed by atoms with Gasteiger partial charge in [0.2, 0.25) is 0 Å². The van der Waals surface area contributed by atoms with Gasteiger partial charge in [0.05, 0.1) is 16.9 Å². The van der Waals surface area contributed by atoms with Crippen LogP contribution in [0.5, 0.6) is 11.5 Å². The van der Waals surface area contributed by atoms with Crippen LogP contribution in [0.3, 0.4) is 0 Å². The van der Waals surface area contributed by atoms with Gasteiger partial charge < -0.3 is 11.6 Å². The van der Waals surface area contributed by atoms with Gasteiger partial charge in [0.25, 0.3) is 0 Å². The van der Waals surface area contributed by atoms with E-state index in [4.69, 9.17) is 4.98 Å². The summed E-state index contributed by atoms with van der Waals surface area (Å²) in [4.78, 5) is 9.30. The molecule has 1 aromatic heterocycles. The van der Waals surface area contributed by atoms with Crippen molar-refractivity contribution in [2.45, 2.75) is 0 Å². The average Bonchev–Trinajstić information content (AvgIpc) is 2.65. The van der Waals surface area contributed by atoms with E-state index < -0.39 is 0 Å². The Kier molecular flexibility index (Phi) is 4.76. The molecular formula is C20H15LiN2O2. The fourth-order valence-electron chi connectivity index (χ4n) is 2.69. The van der Waals surface area contributed by atoms with Crippen LogP contribution in [0, 0.1) is 0 Å². The van der Waals surface area contributed by atoms with Gasteiger partial charge in [-0.15, -0.1) is 0 Å². The van der Waals surface area contributed by atoms with Crippen LogP contribution in [-0.4, -0.2) is 20.2 Å². The van der Waals surface area contributed by atoms with E-state index in [0.29, 0.717) is 11.2 Å². The molecule has 0 unspecified atom stereocenters. The molecule has 4 aromatic rings. The summed E-state index contributed by atoms with van der Waals surface area (Å²) in [6.07, 6.45) is 0. The molecule has 118 valence electrons. The van der Waals surface area contributed by atoms with E-state index in [-0.39, 0.29) is 37.3 Å². The summed E-state index contributed by atoms with van der Waals surface area (Å²) < 4.78 is 0. The van der Waals surface area contributed by atoms with Crippen LogP contribution in [0.25, 0.3) is 33.5 Å². The summed E-state index contributed by atoms with van der Waals surface area (Å²) in [7, 11) is 0. The van der Waals surface area contributed by atoms with Crippen molar-refractivity contribution in [3.05, 3.63) is 72.8 Å². The zero-order valence-electron chi connectivity index (χ0n) is 14.7. The van der Waals surface area contributed by atoms with Crippen molar-refractivity contribution < 1.29 is 30.5 Å². The third-order valence-corrected chi connectivity index (χ3v) is 3.88. The first-order valence-corrected chi connectivity index (χ1v) is 7.57. The molecule has 4 rings (SSSR count). The fourth-order valence-corrected chi connectivity index (χ4v) is 2.69. The normalized spacial score (nSPS) is 10.4. The Morgan fingerprint density at radius 2 is 1.16 bits per heavy atom. The number of phenolic OH excluding ortho intramolecular Hbond substituents is 2. The van der Waals surface area contributed by atoms with Crippen molar-refractivity contribution >= 4 is 11.0 Å². The molecule has 1 heterocycles. The maximum absolute atomic E-state index is 10.1. The minimum absolute atomic E-state index is 0. The Hall–Kier alpha value is -2.80. The van der Waals surface area contributed by atoms with Gasteiger partial charge in [-0.1, -0.05) is 60.7 Å². The number of hydrogen-bond acceptors (Lipinski definition) is 4. The smallest absolute Gasteiger partial charge is 1.00 e. The van der Waals surface area contributed by atoms with Gasteiger partial charge in [0, 0.05) is 11.1 Å². The van der Waals surface area contributed by atoms with E-state index in [0.717, 1.165) is 16.8 Å². The van der Waals surface area contributed by atoms with Crippen molar-refractivity contribution in [3.63, 3.8) is 0 Å². The van der Waals surface area contributed by atoms with Crippen LogP contribution >= 0.6 is 0 Å². The van der Waals surface area contributed by atoms with Gasteiger partial charge in [-0.2, -0.15) is 0 Å². The first kappa shape index (κ1) is 17.0. The van der Waals surface area contributed by atoms with Gasteiger partial charge in [-0.05, 0) is 12.1 Å². The molecule has 3 aromatic carbocycles. The van der Waals surface area contributed by atoms with Crippen molar-refractivity contribution in [2.75, 3.05) is 0 Å². The molecule has 0 fully saturated rings. The van der Waals surface area contributed by atoms with Crippen LogP contribution in [0.15, 0.2) is 72.8 Å². The van der Waals surface area contributed by atoms with Crippen molar-refractivity contribution in [1.82, 2.24) is 9.97 Å². The number of rotatable bonds is 2. The molecular weight excluding hydrogens is 307 g/mol. The Morgan fingerprint density at radius 3 is 1.72 bits per heavy atom. The van der Waals surface area contributed by atoms with Gasteiger partial charge in [-0.3, -0.25) is 0 Å². The van der Waals surface area contributed by atoms with Crippen LogP contribution in [0.4, 0.5) is 0 Å². The second-order valence-electron chi connectivity index (χ2n) is 5.45. The van der Waals surface area contributed by atoms with Gasteiger partial charge in [0.15, 0.2) is 11.5 Å². The van der Waals surface area contributed by atoms with Gasteiger partial charge in [0.1, 0.15) is 5.52 Å². The van der Waals surface area contributed by atoms with Gasteiger partial charge in [-0.25, -0.2) is 9.97 Å². The van der Waals surface area contributed by atoms with E-state index in [2.05, 4.69) is 4.98 Å².